The molecule has 1 saturated heterocycles. The molecular formula is C14H25N5O. The number of aromatic amines is 1. The predicted molar refractivity (Wildman–Crippen MR) is 77.5 cm³/mol. The van der Waals surface area contributed by atoms with Crippen LogP contribution >= 0.6 is 0 Å². The molecule has 0 saturated carbocycles. The van der Waals surface area contributed by atoms with E-state index in [2.05, 4.69) is 27.4 Å². The number of H-pyrrole nitrogens is 1. The second-order valence-electron chi connectivity index (χ2n) is 5.41. The van der Waals surface area contributed by atoms with Gasteiger partial charge in [0.15, 0.2) is 0 Å². The van der Waals surface area contributed by atoms with E-state index in [1.165, 1.54) is 12.8 Å². The maximum atomic E-state index is 12.4. The van der Waals surface area contributed by atoms with Crippen molar-refractivity contribution in [2.24, 2.45) is 5.92 Å². The van der Waals surface area contributed by atoms with Crippen molar-refractivity contribution in [3.8, 4) is 0 Å². The number of amides is 1. The highest BCUT2D eigenvalue weighted by Gasteiger charge is 2.23. The van der Waals surface area contributed by atoms with Crippen LogP contribution in [0.1, 0.15) is 49.6 Å². The molecule has 1 fully saturated rings. The number of carbonyl (C=O) groups is 1. The minimum Gasteiger partial charge on any atom is -0.336 e. The van der Waals surface area contributed by atoms with Gasteiger partial charge in [-0.15, -0.1) is 5.10 Å². The fraction of sp³-hybridized carbons (Fsp3) is 0.786. The summed E-state index contributed by atoms with van der Waals surface area (Å²) in [4.78, 5) is 18.6. The van der Waals surface area contributed by atoms with E-state index in [1.807, 2.05) is 11.8 Å². The van der Waals surface area contributed by atoms with Gasteiger partial charge in [-0.2, -0.15) is 0 Å². The summed E-state index contributed by atoms with van der Waals surface area (Å²) in [5.74, 6) is 1.59. The maximum absolute atomic E-state index is 12.4. The molecule has 1 unspecified atom stereocenters. The van der Waals surface area contributed by atoms with Gasteiger partial charge in [-0.05, 0) is 45.2 Å². The van der Waals surface area contributed by atoms with E-state index in [4.69, 9.17) is 0 Å². The summed E-state index contributed by atoms with van der Waals surface area (Å²) >= 11 is 0. The smallest absolute Gasteiger partial charge is 0.293 e. The molecule has 1 aromatic heterocycles. The van der Waals surface area contributed by atoms with Gasteiger partial charge in [0.2, 0.25) is 5.82 Å². The van der Waals surface area contributed by atoms with E-state index in [-0.39, 0.29) is 5.91 Å². The summed E-state index contributed by atoms with van der Waals surface area (Å²) in [5, 5.41) is 10.3. The fourth-order valence-corrected chi connectivity index (χ4v) is 2.63. The van der Waals surface area contributed by atoms with Gasteiger partial charge in [-0.3, -0.25) is 9.89 Å². The lowest BCUT2D eigenvalue weighted by molar-refractivity contribution is 0.0717. The zero-order chi connectivity index (χ0) is 14.4. The van der Waals surface area contributed by atoms with Gasteiger partial charge < -0.3 is 10.2 Å². The van der Waals surface area contributed by atoms with Crippen LogP contribution in [0, 0.1) is 5.92 Å². The van der Waals surface area contributed by atoms with Gasteiger partial charge in [0.1, 0.15) is 5.82 Å². The third kappa shape index (κ3) is 3.79. The molecular weight excluding hydrogens is 254 g/mol. The quantitative estimate of drug-likeness (QED) is 0.821. The Morgan fingerprint density at radius 3 is 2.95 bits per heavy atom. The number of piperidine rings is 1. The van der Waals surface area contributed by atoms with E-state index in [9.17, 15) is 4.79 Å². The molecule has 0 aromatic carbocycles. The van der Waals surface area contributed by atoms with Crippen LogP contribution in [0.3, 0.4) is 0 Å². The van der Waals surface area contributed by atoms with Crippen molar-refractivity contribution < 1.29 is 4.79 Å². The maximum Gasteiger partial charge on any atom is 0.293 e. The topological polar surface area (TPSA) is 73.9 Å². The molecule has 1 atom stereocenters. The molecule has 1 aliphatic rings. The van der Waals surface area contributed by atoms with Gasteiger partial charge in [0.05, 0.1) is 0 Å². The highest BCUT2D eigenvalue weighted by atomic mass is 16.2. The number of aromatic nitrogens is 3. The number of rotatable bonds is 6. The van der Waals surface area contributed by atoms with Crippen LogP contribution in [0.2, 0.25) is 0 Å². The number of nitrogens with one attached hydrogen (secondary N) is 2. The molecule has 1 aliphatic heterocycles. The number of carbonyl (C=O) groups excluding carboxylic acids is 1. The minimum atomic E-state index is -0.0586. The largest absolute Gasteiger partial charge is 0.336 e. The van der Waals surface area contributed by atoms with Crippen LogP contribution in [-0.2, 0) is 6.42 Å². The Balaban J connectivity index is 1.96. The van der Waals surface area contributed by atoms with E-state index >= 15 is 0 Å². The van der Waals surface area contributed by atoms with Gasteiger partial charge in [-0.25, -0.2) is 4.98 Å². The first kappa shape index (κ1) is 15.0. The lowest BCUT2D eigenvalue weighted by Crippen LogP contribution is -2.41. The third-order valence-corrected chi connectivity index (χ3v) is 3.76. The van der Waals surface area contributed by atoms with Crippen molar-refractivity contribution in [2.45, 2.75) is 39.5 Å². The van der Waals surface area contributed by atoms with Crippen LogP contribution in [0.25, 0.3) is 0 Å². The second kappa shape index (κ2) is 7.38. The molecule has 6 nitrogen and oxygen atoms in total. The lowest BCUT2D eigenvalue weighted by atomic mass is 9.99. The molecule has 1 aromatic rings. The number of aryl methyl sites for hydroxylation is 1. The van der Waals surface area contributed by atoms with Crippen molar-refractivity contribution in [2.75, 3.05) is 26.2 Å². The zero-order valence-electron chi connectivity index (χ0n) is 12.5. The van der Waals surface area contributed by atoms with Crippen LogP contribution in [0.4, 0.5) is 0 Å². The second-order valence-corrected chi connectivity index (χ2v) is 5.41. The Labute approximate surface area is 120 Å². The first-order valence-corrected chi connectivity index (χ1v) is 7.65. The summed E-state index contributed by atoms with van der Waals surface area (Å²) in [7, 11) is 0. The molecule has 2 rings (SSSR count). The standard InChI is InChI=1S/C14H25N5O/c1-3-6-12-16-13(18-17-12)14(20)19(4-2)10-11-7-5-8-15-9-11/h11,15H,3-10H2,1-2H3,(H,16,17,18). The molecule has 0 spiro atoms. The first-order valence-electron chi connectivity index (χ1n) is 7.65. The SMILES string of the molecule is CCCc1nc(C(=O)N(CC)CC2CCCNC2)n[nH]1. The molecule has 112 valence electrons. The van der Waals surface area contributed by atoms with E-state index in [1.54, 1.807) is 0 Å². The average molecular weight is 279 g/mol. The molecule has 6 heteroatoms. The fourth-order valence-electron chi connectivity index (χ4n) is 2.63. The van der Waals surface area contributed by atoms with Crippen molar-refractivity contribution in [3.63, 3.8) is 0 Å². The Hall–Kier alpha value is -1.43. The van der Waals surface area contributed by atoms with Gasteiger partial charge in [0, 0.05) is 19.5 Å². The first-order chi connectivity index (χ1) is 9.74. The zero-order valence-corrected chi connectivity index (χ0v) is 12.5. The summed E-state index contributed by atoms with van der Waals surface area (Å²) in [6, 6.07) is 0. The molecule has 2 N–H and O–H groups in total. The number of hydrogen-bond acceptors (Lipinski definition) is 4. The van der Waals surface area contributed by atoms with E-state index in [0.29, 0.717) is 18.3 Å². The van der Waals surface area contributed by atoms with Crippen molar-refractivity contribution in [1.82, 2.24) is 25.4 Å². The predicted octanol–water partition coefficient (Wildman–Crippen LogP) is 1.22. The van der Waals surface area contributed by atoms with Crippen molar-refractivity contribution >= 4 is 5.91 Å². The lowest BCUT2D eigenvalue weighted by Gasteiger charge is -2.28. The van der Waals surface area contributed by atoms with E-state index < -0.39 is 0 Å². The van der Waals surface area contributed by atoms with Gasteiger partial charge in [-0.1, -0.05) is 6.92 Å². The van der Waals surface area contributed by atoms with Gasteiger partial charge in [0.25, 0.3) is 5.91 Å². The van der Waals surface area contributed by atoms with Crippen molar-refractivity contribution in [3.05, 3.63) is 11.6 Å². The Bertz CT molecular complexity index is 425. The highest BCUT2D eigenvalue weighted by Crippen LogP contribution is 2.13. The van der Waals surface area contributed by atoms with Crippen LogP contribution < -0.4 is 5.32 Å². The normalized spacial score (nSPS) is 19.0. The van der Waals surface area contributed by atoms with Crippen molar-refractivity contribution in [1.29, 1.82) is 0 Å². The third-order valence-electron chi connectivity index (χ3n) is 3.76. The molecule has 2 heterocycles. The number of nitrogens with zero attached hydrogens (tertiary/aromatic N) is 3. The molecule has 20 heavy (non-hydrogen) atoms. The summed E-state index contributed by atoms with van der Waals surface area (Å²) in [6.45, 7) is 7.68. The Morgan fingerprint density at radius 2 is 2.30 bits per heavy atom. The molecule has 0 bridgehead atoms. The van der Waals surface area contributed by atoms with Gasteiger partial charge >= 0.3 is 0 Å². The van der Waals surface area contributed by atoms with E-state index in [0.717, 1.165) is 38.3 Å². The Kier molecular flexibility index (Phi) is 5.52. The van der Waals surface area contributed by atoms with Crippen LogP contribution in [-0.4, -0.2) is 52.2 Å². The minimum absolute atomic E-state index is 0.0586. The summed E-state index contributed by atoms with van der Waals surface area (Å²) < 4.78 is 0. The monoisotopic (exact) mass is 279 g/mol. The summed E-state index contributed by atoms with van der Waals surface area (Å²) in [5.41, 5.74) is 0. The molecule has 1 amide bonds. The average Bonchev–Trinajstić information content (AvgIpc) is 2.94. The molecule has 0 radical (unpaired) electrons. The van der Waals surface area contributed by atoms with Crippen LogP contribution in [0.5, 0.6) is 0 Å². The van der Waals surface area contributed by atoms with Crippen LogP contribution in [0.15, 0.2) is 0 Å². The number of hydrogen-bond donors (Lipinski definition) is 2. The Morgan fingerprint density at radius 1 is 1.45 bits per heavy atom. The molecule has 0 aliphatic carbocycles. The summed E-state index contributed by atoms with van der Waals surface area (Å²) in [6.07, 6.45) is 4.20. The highest BCUT2D eigenvalue weighted by molar-refractivity contribution is 5.90.